The lowest BCUT2D eigenvalue weighted by molar-refractivity contribution is -0.150. The monoisotopic (exact) mass is 351 g/mol. The number of hydrogen-bond acceptors (Lipinski definition) is 7. The quantitative estimate of drug-likeness (QED) is 0.317. The number of carbonyl (C=O) groups is 2. The minimum Gasteiger partial charge on any atom is -0.462 e. The molecule has 2 heterocycles. The maximum absolute atomic E-state index is 11.8. The number of rotatable bonds is 9. The molecule has 0 unspecified atom stereocenters. The second kappa shape index (κ2) is 8.29. The topological polar surface area (TPSA) is 141 Å². The average Bonchev–Trinajstić information content (AvgIpc) is 2.95. The van der Waals surface area contributed by atoms with Crippen LogP contribution in [0.1, 0.15) is 13.8 Å². The number of amides is 1. The first-order valence-electron chi connectivity index (χ1n) is 7.71. The van der Waals surface area contributed by atoms with Gasteiger partial charge in [0.15, 0.2) is 5.52 Å². The minimum atomic E-state index is -0.692. The van der Waals surface area contributed by atoms with Crippen molar-refractivity contribution >= 4 is 29.4 Å². The Bertz CT molecular complexity index is 797. The Labute approximate surface area is 143 Å². The predicted octanol–water partition coefficient (Wildman–Crippen LogP) is -0.405. The third-order valence-electron chi connectivity index (χ3n) is 3.49. The fourth-order valence-corrected chi connectivity index (χ4v) is 2.23. The van der Waals surface area contributed by atoms with Crippen LogP contribution in [0.3, 0.4) is 0 Å². The van der Waals surface area contributed by atoms with Crippen molar-refractivity contribution in [2.24, 2.45) is 5.92 Å². The lowest BCUT2D eigenvalue weighted by atomic mass is 10.1. The van der Waals surface area contributed by atoms with Crippen molar-refractivity contribution in [2.45, 2.75) is 26.6 Å². The number of nitrogens with two attached hydrogens (primary N) is 1. The summed E-state index contributed by atoms with van der Waals surface area (Å²) in [5, 5.41) is 2.42. The number of anilines is 1. The third-order valence-corrected chi connectivity index (χ3v) is 3.49. The highest BCUT2D eigenvalue weighted by atomic mass is 16.6. The smallest absolute Gasteiger partial charge is 0.328 e. The van der Waals surface area contributed by atoms with Crippen LogP contribution in [0, 0.1) is 5.92 Å². The molecule has 0 bridgehead atoms. The van der Waals surface area contributed by atoms with E-state index in [-0.39, 0.29) is 42.6 Å². The van der Waals surface area contributed by atoms with Crippen LogP contribution in [0.4, 0.5) is 5.82 Å². The van der Waals surface area contributed by atoms with Gasteiger partial charge in [-0.05, 0) is 5.92 Å². The summed E-state index contributed by atoms with van der Waals surface area (Å²) in [5.74, 6) is -0.371. The van der Waals surface area contributed by atoms with Crippen LogP contribution >= 0.6 is 0 Å². The molecule has 4 N–H and O–H groups in total. The number of aromatic nitrogens is 3. The van der Waals surface area contributed by atoms with Crippen LogP contribution in [-0.4, -0.2) is 46.2 Å². The zero-order valence-corrected chi connectivity index (χ0v) is 14.0. The molecule has 0 saturated carbocycles. The number of esters is 1. The summed E-state index contributed by atoms with van der Waals surface area (Å²) < 4.78 is 12.1. The third kappa shape index (κ3) is 4.57. The average molecular weight is 351 g/mol. The molecule has 0 spiro atoms. The predicted molar refractivity (Wildman–Crippen MR) is 89.5 cm³/mol. The number of H-pyrrole nitrogens is 1. The van der Waals surface area contributed by atoms with Crippen molar-refractivity contribution in [3.8, 4) is 0 Å². The number of ether oxygens (including phenoxy) is 2. The fraction of sp³-hybridized carbons (Fsp3) is 0.467. The van der Waals surface area contributed by atoms with E-state index in [1.807, 2.05) is 0 Å². The molecule has 2 rings (SSSR count). The summed E-state index contributed by atoms with van der Waals surface area (Å²) in [6, 6.07) is 0.571. The fourth-order valence-electron chi connectivity index (χ4n) is 2.23. The lowest BCUT2D eigenvalue weighted by Crippen LogP contribution is -2.41. The highest BCUT2D eigenvalue weighted by Gasteiger charge is 2.22. The molecular weight excluding hydrogens is 330 g/mol. The standard InChI is InChI=1S/C15H21N5O5/c1-9(2)12(18-7-21)15(23)25-4-3-24-8-20-6-17-13-10(22)5-11(16)19-14(13)20/h5-7,9,12H,3-4,8H2,1-2H3,(H,18,21)(H3,16,19,22)/t12-/m0/s1. The molecule has 136 valence electrons. The number of nitrogen functional groups attached to an aromatic ring is 1. The van der Waals surface area contributed by atoms with E-state index in [9.17, 15) is 14.4 Å². The number of imidazole rings is 1. The molecule has 2 aromatic heterocycles. The van der Waals surface area contributed by atoms with Gasteiger partial charge in [-0.1, -0.05) is 13.8 Å². The molecule has 25 heavy (non-hydrogen) atoms. The molecule has 10 nitrogen and oxygen atoms in total. The molecule has 10 heteroatoms. The molecule has 0 aliphatic heterocycles. The first-order valence-corrected chi connectivity index (χ1v) is 7.71. The van der Waals surface area contributed by atoms with E-state index in [2.05, 4.69) is 15.3 Å². The van der Waals surface area contributed by atoms with Gasteiger partial charge in [-0.25, -0.2) is 9.78 Å². The van der Waals surface area contributed by atoms with E-state index in [0.29, 0.717) is 12.1 Å². The van der Waals surface area contributed by atoms with Gasteiger partial charge in [-0.15, -0.1) is 0 Å². The molecular formula is C15H21N5O5. The van der Waals surface area contributed by atoms with Crippen LogP contribution < -0.4 is 16.5 Å². The Hall–Kier alpha value is -2.88. The summed E-state index contributed by atoms with van der Waals surface area (Å²) in [5.41, 5.74) is 6.06. The Morgan fingerprint density at radius 2 is 2.24 bits per heavy atom. The van der Waals surface area contributed by atoms with E-state index >= 15 is 0 Å². The van der Waals surface area contributed by atoms with E-state index in [0.717, 1.165) is 0 Å². The van der Waals surface area contributed by atoms with E-state index in [1.165, 1.54) is 12.4 Å². The highest BCUT2D eigenvalue weighted by molar-refractivity contribution is 5.78. The van der Waals surface area contributed by atoms with Crippen LogP contribution in [-0.2, 0) is 25.8 Å². The van der Waals surface area contributed by atoms with Crippen LogP contribution in [0.25, 0.3) is 11.2 Å². The number of carbonyl (C=O) groups excluding carboxylic acids is 2. The van der Waals surface area contributed by atoms with Gasteiger partial charge in [0.05, 0.1) is 12.9 Å². The van der Waals surface area contributed by atoms with E-state index in [4.69, 9.17) is 15.2 Å². The van der Waals surface area contributed by atoms with Crippen molar-refractivity contribution in [2.75, 3.05) is 18.9 Å². The largest absolute Gasteiger partial charge is 0.462 e. The number of nitrogens with one attached hydrogen (secondary N) is 2. The summed E-state index contributed by atoms with van der Waals surface area (Å²) in [7, 11) is 0. The highest BCUT2D eigenvalue weighted by Crippen LogP contribution is 2.08. The summed E-state index contributed by atoms with van der Waals surface area (Å²) in [6.07, 6.45) is 1.93. The van der Waals surface area contributed by atoms with Crippen molar-refractivity contribution in [1.82, 2.24) is 19.9 Å². The second-order valence-corrected chi connectivity index (χ2v) is 5.71. The zero-order chi connectivity index (χ0) is 18.4. The van der Waals surface area contributed by atoms with Crippen LogP contribution in [0.15, 0.2) is 17.2 Å². The van der Waals surface area contributed by atoms with Gasteiger partial charge in [0.25, 0.3) is 0 Å². The van der Waals surface area contributed by atoms with Gasteiger partial charge < -0.3 is 25.5 Å². The first-order chi connectivity index (χ1) is 11.9. The van der Waals surface area contributed by atoms with Gasteiger partial charge in [0.2, 0.25) is 11.8 Å². The van der Waals surface area contributed by atoms with Crippen molar-refractivity contribution < 1.29 is 19.1 Å². The Kier molecular flexibility index (Phi) is 6.12. The van der Waals surface area contributed by atoms with Gasteiger partial charge in [-0.3, -0.25) is 14.2 Å². The molecule has 1 amide bonds. The van der Waals surface area contributed by atoms with E-state index < -0.39 is 12.0 Å². The number of fused-ring (bicyclic) bond motifs is 1. The maximum atomic E-state index is 11.8. The number of aromatic amines is 1. The normalized spacial score (nSPS) is 12.3. The number of pyridine rings is 1. The summed E-state index contributed by atoms with van der Waals surface area (Å²) >= 11 is 0. The van der Waals surface area contributed by atoms with Crippen molar-refractivity contribution in [3.63, 3.8) is 0 Å². The molecule has 0 radical (unpaired) electrons. The number of hydrogen-bond donors (Lipinski definition) is 3. The van der Waals surface area contributed by atoms with Crippen molar-refractivity contribution in [1.29, 1.82) is 0 Å². The first kappa shape index (κ1) is 18.5. The van der Waals surface area contributed by atoms with Crippen LogP contribution in [0.5, 0.6) is 0 Å². The molecule has 0 aliphatic carbocycles. The zero-order valence-electron chi connectivity index (χ0n) is 14.0. The second-order valence-electron chi connectivity index (χ2n) is 5.71. The van der Waals surface area contributed by atoms with Crippen molar-refractivity contribution in [3.05, 3.63) is 22.6 Å². The number of nitrogens with zero attached hydrogens (tertiary/aromatic N) is 2. The van der Waals surface area contributed by atoms with Gasteiger partial charge in [-0.2, -0.15) is 0 Å². The maximum Gasteiger partial charge on any atom is 0.328 e. The summed E-state index contributed by atoms with van der Waals surface area (Å²) in [4.78, 5) is 40.9. The van der Waals surface area contributed by atoms with Gasteiger partial charge >= 0.3 is 5.97 Å². The Morgan fingerprint density at radius 3 is 2.92 bits per heavy atom. The molecule has 0 saturated heterocycles. The van der Waals surface area contributed by atoms with E-state index in [1.54, 1.807) is 18.4 Å². The molecule has 0 fully saturated rings. The van der Waals surface area contributed by atoms with Crippen LogP contribution in [0.2, 0.25) is 0 Å². The Morgan fingerprint density at radius 1 is 1.48 bits per heavy atom. The van der Waals surface area contributed by atoms with Gasteiger partial charge in [0, 0.05) is 6.07 Å². The molecule has 0 aromatic carbocycles. The molecule has 0 aliphatic rings. The lowest BCUT2D eigenvalue weighted by Gasteiger charge is -2.18. The SMILES string of the molecule is CC(C)[C@H](NC=O)C(=O)OCCOCn1cnc2c(=O)cc(N)[nH]c21. The summed E-state index contributed by atoms with van der Waals surface area (Å²) in [6.45, 7) is 3.89. The molecule has 2 aromatic rings. The Balaban J connectivity index is 1.83. The minimum absolute atomic E-state index is 0.0356. The van der Waals surface area contributed by atoms with Gasteiger partial charge in [0.1, 0.15) is 30.8 Å². The molecule has 1 atom stereocenters.